The minimum absolute atomic E-state index is 0. The lowest BCUT2D eigenvalue weighted by molar-refractivity contribution is 0.102. The summed E-state index contributed by atoms with van der Waals surface area (Å²) in [5.74, 6) is -5.74. The predicted molar refractivity (Wildman–Crippen MR) is 139 cm³/mol. The minimum Gasteiger partial charge on any atom is -0.370 e. The average molecular weight is 547 g/mol. The number of nitrogens with two attached hydrogens (primary N) is 1. The smallest absolute Gasteiger partial charge is 0.258 e. The number of nitrogens with one attached hydrogen (secondary N) is 1. The first-order chi connectivity index (χ1) is 16.4. The van der Waals surface area contributed by atoms with E-state index in [4.69, 9.17) is 5.73 Å². The summed E-state index contributed by atoms with van der Waals surface area (Å²) in [5.41, 5.74) is 4.28. The Balaban J connectivity index is 0.00000324. The third-order valence-corrected chi connectivity index (χ3v) is 5.35. The molecular weight excluding hydrogens is 519 g/mol. The molecule has 3 N–H and O–H groups in total. The van der Waals surface area contributed by atoms with E-state index >= 15 is 4.39 Å². The zero-order valence-corrected chi connectivity index (χ0v) is 21.2. The van der Waals surface area contributed by atoms with Crippen LogP contribution < -0.4 is 16.0 Å². The van der Waals surface area contributed by atoms with Gasteiger partial charge in [-0.05, 0) is 49.7 Å². The lowest BCUT2D eigenvalue weighted by atomic mass is 9.99. The molecule has 11 heteroatoms. The molecule has 36 heavy (non-hydrogen) atoms. The van der Waals surface area contributed by atoms with Gasteiger partial charge >= 0.3 is 0 Å². The second-order valence-corrected chi connectivity index (χ2v) is 7.71. The largest absolute Gasteiger partial charge is 0.370 e. The van der Waals surface area contributed by atoms with Crippen LogP contribution in [0.3, 0.4) is 0 Å². The molecule has 0 unspecified atom stereocenters. The van der Waals surface area contributed by atoms with Gasteiger partial charge in [0.15, 0.2) is 0 Å². The molecule has 0 spiro atoms. The maximum absolute atomic E-state index is 15.3. The highest BCUT2D eigenvalue weighted by Crippen LogP contribution is 2.33. The standard InChI is InChI=1S/C25H26F4N4O.2ClH/c1-2-3-13-33(14-5-11-30)21-10-12-31-15-20(21)32-25(34)16-8-9-19(28)23(24(16)29)22-17(26)6-4-7-18(22)27;;/h4,6-10,12,15H,2-3,5,11,13-14,30H2,1H3,(H,32,34);2*1H. The molecule has 0 aliphatic carbocycles. The topological polar surface area (TPSA) is 71.2 Å². The molecule has 0 aliphatic heterocycles. The molecule has 5 nitrogen and oxygen atoms in total. The second-order valence-electron chi connectivity index (χ2n) is 7.71. The normalized spacial score (nSPS) is 10.3. The summed E-state index contributed by atoms with van der Waals surface area (Å²) < 4.78 is 58.1. The highest BCUT2D eigenvalue weighted by molar-refractivity contribution is 6.06. The lowest BCUT2D eigenvalue weighted by Crippen LogP contribution is -2.28. The number of unbranched alkanes of at least 4 members (excludes halogenated alkanes) is 1. The third-order valence-electron chi connectivity index (χ3n) is 5.35. The number of anilines is 2. The zero-order chi connectivity index (χ0) is 24.7. The molecule has 196 valence electrons. The van der Waals surface area contributed by atoms with E-state index in [1.165, 1.54) is 6.20 Å². The van der Waals surface area contributed by atoms with Gasteiger partial charge < -0.3 is 16.0 Å². The van der Waals surface area contributed by atoms with Gasteiger partial charge in [-0.25, -0.2) is 17.6 Å². The van der Waals surface area contributed by atoms with Gasteiger partial charge in [-0.15, -0.1) is 24.8 Å². The Hall–Kier alpha value is -2.88. The lowest BCUT2D eigenvalue weighted by Gasteiger charge is -2.27. The van der Waals surface area contributed by atoms with Crippen LogP contribution in [-0.4, -0.2) is 30.5 Å². The summed E-state index contributed by atoms with van der Waals surface area (Å²) in [6, 6.07) is 6.32. The van der Waals surface area contributed by atoms with Gasteiger partial charge in [0.1, 0.15) is 23.3 Å². The molecule has 3 aromatic rings. The highest BCUT2D eigenvalue weighted by atomic mass is 35.5. The van der Waals surface area contributed by atoms with E-state index in [1.54, 1.807) is 12.3 Å². The number of hydrogen-bond donors (Lipinski definition) is 2. The van der Waals surface area contributed by atoms with Gasteiger partial charge in [-0.1, -0.05) is 19.4 Å². The number of pyridine rings is 1. The summed E-state index contributed by atoms with van der Waals surface area (Å²) >= 11 is 0. The van der Waals surface area contributed by atoms with Gasteiger partial charge in [0.2, 0.25) is 0 Å². The number of halogens is 6. The van der Waals surface area contributed by atoms with Gasteiger partial charge in [0.05, 0.1) is 34.3 Å². The van der Waals surface area contributed by atoms with Crippen molar-refractivity contribution in [1.29, 1.82) is 0 Å². The molecule has 1 aromatic heterocycles. The van der Waals surface area contributed by atoms with Crippen molar-refractivity contribution in [2.45, 2.75) is 26.2 Å². The maximum Gasteiger partial charge on any atom is 0.258 e. The first kappa shape index (κ1) is 31.2. The third kappa shape index (κ3) is 7.09. The van der Waals surface area contributed by atoms with E-state index in [2.05, 4.69) is 22.1 Å². The molecule has 0 radical (unpaired) electrons. The predicted octanol–water partition coefficient (Wildman–Crippen LogP) is 6.36. The molecule has 0 bridgehead atoms. The van der Waals surface area contributed by atoms with Gasteiger partial charge in [-0.3, -0.25) is 9.78 Å². The molecule has 0 saturated carbocycles. The van der Waals surface area contributed by atoms with Crippen LogP contribution in [0.25, 0.3) is 11.1 Å². The van der Waals surface area contributed by atoms with Crippen LogP contribution in [-0.2, 0) is 0 Å². The fraction of sp³-hybridized carbons (Fsp3) is 0.280. The molecular formula is C25H28Cl2F4N4O. The molecule has 2 aromatic carbocycles. The molecule has 0 fully saturated rings. The second kappa shape index (κ2) is 14.6. The van der Waals surface area contributed by atoms with E-state index in [-0.39, 0.29) is 24.8 Å². The summed E-state index contributed by atoms with van der Waals surface area (Å²) in [6.07, 6.45) is 5.59. The van der Waals surface area contributed by atoms with Crippen LogP contribution in [0.15, 0.2) is 48.8 Å². The first-order valence-corrected chi connectivity index (χ1v) is 11.0. The quantitative estimate of drug-likeness (QED) is 0.290. The number of hydrogen-bond acceptors (Lipinski definition) is 4. The van der Waals surface area contributed by atoms with E-state index in [0.717, 1.165) is 49.6 Å². The fourth-order valence-electron chi connectivity index (χ4n) is 3.63. The van der Waals surface area contributed by atoms with E-state index in [9.17, 15) is 18.0 Å². The number of aromatic nitrogens is 1. The number of rotatable bonds is 10. The van der Waals surface area contributed by atoms with Crippen molar-refractivity contribution in [3.05, 3.63) is 77.6 Å². The average Bonchev–Trinajstić information content (AvgIpc) is 2.81. The van der Waals surface area contributed by atoms with Crippen LogP contribution in [0, 0.1) is 23.3 Å². The molecule has 1 heterocycles. The summed E-state index contributed by atoms with van der Waals surface area (Å²) in [5, 5.41) is 2.60. The van der Waals surface area contributed by atoms with Crippen molar-refractivity contribution in [2.75, 3.05) is 29.9 Å². The van der Waals surface area contributed by atoms with Crippen molar-refractivity contribution >= 4 is 42.1 Å². The van der Waals surface area contributed by atoms with E-state index in [1.807, 2.05) is 0 Å². The van der Waals surface area contributed by atoms with Crippen molar-refractivity contribution in [2.24, 2.45) is 5.73 Å². The van der Waals surface area contributed by atoms with Crippen molar-refractivity contribution in [3.63, 3.8) is 0 Å². The number of carbonyl (C=O) groups excluding carboxylic acids is 1. The van der Waals surface area contributed by atoms with Crippen LogP contribution in [0.5, 0.6) is 0 Å². The Morgan fingerprint density at radius 3 is 2.22 bits per heavy atom. The molecule has 3 rings (SSSR count). The minimum atomic E-state index is -1.36. The SMILES string of the molecule is CCCCN(CCCN)c1ccncc1NC(=O)c1ccc(F)c(-c2c(F)cccc2F)c1F.Cl.Cl. The van der Waals surface area contributed by atoms with Crippen LogP contribution >= 0.6 is 24.8 Å². The number of benzene rings is 2. The molecule has 0 atom stereocenters. The van der Waals surface area contributed by atoms with Crippen LogP contribution in [0.2, 0.25) is 0 Å². The Labute approximate surface area is 219 Å². The number of amides is 1. The van der Waals surface area contributed by atoms with Crippen LogP contribution in [0.1, 0.15) is 36.5 Å². The van der Waals surface area contributed by atoms with Gasteiger partial charge in [0.25, 0.3) is 5.91 Å². The summed E-state index contributed by atoms with van der Waals surface area (Å²) in [4.78, 5) is 19.1. The number of carbonyl (C=O) groups is 1. The molecule has 1 amide bonds. The monoisotopic (exact) mass is 546 g/mol. The Bertz CT molecular complexity index is 1140. The Morgan fingerprint density at radius 2 is 1.58 bits per heavy atom. The zero-order valence-electron chi connectivity index (χ0n) is 19.6. The summed E-state index contributed by atoms with van der Waals surface area (Å²) in [7, 11) is 0. The number of nitrogens with zero attached hydrogens (tertiary/aromatic N) is 2. The van der Waals surface area contributed by atoms with Crippen molar-refractivity contribution in [1.82, 2.24) is 4.98 Å². The first-order valence-electron chi connectivity index (χ1n) is 11.0. The van der Waals surface area contributed by atoms with Crippen molar-refractivity contribution in [3.8, 4) is 11.1 Å². The Kier molecular flexibility index (Phi) is 12.7. The summed E-state index contributed by atoms with van der Waals surface area (Å²) in [6.45, 7) is 3.91. The van der Waals surface area contributed by atoms with E-state index < -0.39 is 45.9 Å². The van der Waals surface area contributed by atoms with E-state index in [0.29, 0.717) is 31.0 Å². The fourth-order valence-corrected chi connectivity index (χ4v) is 3.63. The maximum atomic E-state index is 15.3. The highest BCUT2D eigenvalue weighted by Gasteiger charge is 2.25. The van der Waals surface area contributed by atoms with Gasteiger partial charge in [-0.2, -0.15) is 0 Å². The van der Waals surface area contributed by atoms with Gasteiger partial charge in [0, 0.05) is 19.3 Å². The molecule has 0 aliphatic rings. The van der Waals surface area contributed by atoms with Crippen LogP contribution in [0.4, 0.5) is 28.9 Å². The Morgan fingerprint density at radius 1 is 0.944 bits per heavy atom. The van der Waals surface area contributed by atoms with Crippen molar-refractivity contribution < 1.29 is 22.4 Å². The molecule has 0 saturated heterocycles.